The van der Waals surface area contributed by atoms with E-state index in [-0.39, 0.29) is 12.5 Å². The number of nitrogens with one attached hydrogen (secondary N) is 1. The molecule has 1 aromatic heterocycles. The molecule has 0 bridgehead atoms. The highest BCUT2D eigenvalue weighted by Crippen LogP contribution is 2.19. The first-order valence-electron chi connectivity index (χ1n) is 4.92. The number of aromatic nitrogens is 2. The van der Waals surface area contributed by atoms with Gasteiger partial charge in [0.25, 0.3) is 0 Å². The number of hydrogen-bond donors (Lipinski definition) is 1. The second kappa shape index (κ2) is 5.65. The van der Waals surface area contributed by atoms with Gasteiger partial charge in [-0.15, -0.1) is 0 Å². The molecule has 0 amide bonds. The van der Waals surface area contributed by atoms with Crippen LogP contribution in [0.2, 0.25) is 5.15 Å². The molecule has 0 saturated heterocycles. The molecule has 0 aliphatic rings. The van der Waals surface area contributed by atoms with E-state index in [1.165, 1.54) is 7.11 Å². The van der Waals surface area contributed by atoms with E-state index in [1.807, 2.05) is 6.92 Å². The predicted octanol–water partition coefficient (Wildman–Crippen LogP) is 1.59. The van der Waals surface area contributed by atoms with Crippen molar-refractivity contribution < 1.29 is 9.53 Å². The summed E-state index contributed by atoms with van der Waals surface area (Å²) in [6.07, 6.45) is 0.687. The normalized spacial score (nSPS) is 10.0. The second-order valence-electron chi connectivity index (χ2n) is 3.19. The highest BCUT2D eigenvalue weighted by molar-refractivity contribution is 6.30. The fourth-order valence-corrected chi connectivity index (χ4v) is 1.28. The molecule has 1 rings (SSSR count). The van der Waals surface area contributed by atoms with Gasteiger partial charge in [-0.2, -0.15) is 0 Å². The number of esters is 1. The number of hydrogen-bond acceptors (Lipinski definition) is 5. The van der Waals surface area contributed by atoms with Crippen molar-refractivity contribution in [2.24, 2.45) is 0 Å². The molecule has 1 heterocycles. The highest BCUT2D eigenvalue weighted by Gasteiger charge is 2.09. The summed E-state index contributed by atoms with van der Waals surface area (Å²) in [4.78, 5) is 19.3. The molecule has 88 valence electrons. The zero-order valence-electron chi connectivity index (χ0n) is 9.50. The second-order valence-corrected chi connectivity index (χ2v) is 3.55. The summed E-state index contributed by atoms with van der Waals surface area (Å²) in [5.41, 5.74) is 0.725. The van der Waals surface area contributed by atoms with Crippen molar-refractivity contribution >= 4 is 23.4 Å². The van der Waals surface area contributed by atoms with E-state index in [9.17, 15) is 4.79 Å². The minimum atomic E-state index is -0.354. The van der Waals surface area contributed by atoms with Crippen molar-refractivity contribution in [2.75, 3.05) is 19.0 Å². The van der Waals surface area contributed by atoms with Gasteiger partial charge in [-0.1, -0.05) is 18.5 Å². The molecule has 16 heavy (non-hydrogen) atoms. The number of aryl methyl sites for hydroxylation is 1. The lowest BCUT2D eigenvalue weighted by atomic mass is 10.3. The Kier molecular flexibility index (Phi) is 4.49. The van der Waals surface area contributed by atoms with Crippen molar-refractivity contribution in [2.45, 2.75) is 20.3 Å². The lowest BCUT2D eigenvalue weighted by Gasteiger charge is -2.09. The molecule has 0 unspecified atom stereocenters. The van der Waals surface area contributed by atoms with Gasteiger partial charge >= 0.3 is 5.97 Å². The third kappa shape index (κ3) is 3.06. The molecule has 0 radical (unpaired) electrons. The predicted molar refractivity (Wildman–Crippen MR) is 61.7 cm³/mol. The van der Waals surface area contributed by atoms with Crippen LogP contribution >= 0.6 is 11.6 Å². The summed E-state index contributed by atoms with van der Waals surface area (Å²) in [6.45, 7) is 3.79. The van der Waals surface area contributed by atoms with E-state index in [0.29, 0.717) is 23.2 Å². The number of carbonyl (C=O) groups excluding carboxylic acids is 1. The number of ether oxygens (including phenoxy) is 1. The van der Waals surface area contributed by atoms with E-state index in [1.54, 1.807) is 6.92 Å². The summed E-state index contributed by atoms with van der Waals surface area (Å²) in [7, 11) is 1.33. The quantitative estimate of drug-likeness (QED) is 0.643. The Bertz CT molecular complexity index is 396. The summed E-state index contributed by atoms with van der Waals surface area (Å²) in [6, 6.07) is 0. The molecule has 0 aromatic carbocycles. The van der Waals surface area contributed by atoms with Gasteiger partial charge < -0.3 is 10.1 Å². The van der Waals surface area contributed by atoms with Crippen molar-refractivity contribution in [3.63, 3.8) is 0 Å². The van der Waals surface area contributed by atoms with Gasteiger partial charge in [-0.05, 0) is 6.92 Å². The maximum Gasteiger partial charge on any atom is 0.325 e. The van der Waals surface area contributed by atoms with Crippen LogP contribution in [0, 0.1) is 6.92 Å². The lowest BCUT2D eigenvalue weighted by Crippen LogP contribution is -2.17. The Morgan fingerprint density at radius 3 is 2.75 bits per heavy atom. The van der Waals surface area contributed by atoms with Crippen molar-refractivity contribution in [1.82, 2.24) is 9.97 Å². The molecule has 5 nitrogen and oxygen atoms in total. The Balaban J connectivity index is 2.86. The monoisotopic (exact) mass is 243 g/mol. The van der Waals surface area contributed by atoms with E-state index in [2.05, 4.69) is 20.0 Å². The van der Waals surface area contributed by atoms with Crippen LogP contribution in [0.4, 0.5) is 5.82 Å². The number of rotatable bonds is 4. The van der Waals surface area contributed by atoms with E-state index >= 15 is 0 Å². The minimum absolute atomic E-state index is 0.0633. The Morgan fingerprint density at radius 1 is 1.50 bits per heavy atom. The number of anilines is 1. The third-order valence-corrected chi connectivity index (χ3v) is 2.44. The van der Waals surface area contributed by atoms with Crippen LogP contribution in [0.1, 0.15) is 18.3 Å². The van der Waals surface area contributed by atoms with E-state index in [4.69, 9.17) is 11.6 Å². The molecule has 0 saturated carbocycles. The van der Waals surface area contributed by atoms with Crippen LogP contribution in [0.15, 0.2) is 0 Å². The molecule has 0 fully saturated rings. The number of nitrogens with zero attached hydrogens (tertiary/aromatic N) is 2. The molecule has 0 spiro atoms. The molecule has 0 aliphatic heterocycles. The molecular weight excluding hydrogens is 230 g/mol. The van der Waals surface area contributed by atoms with Gasteiger partial charge in [0.1, 0.15) is 23.3 Å². The maximum atomic E-state index is 11.0. The SMILES string of the molecule is CCc1nc(Cl)c(C)c(NCC(=O)OC)n1. The summed E-state index contributed by atoms with van der Waals surface area (Å²) < 4.78 is 4.52. The largest absolute Gasteiger partial charge is 0.468 e. The first-order valence-corrected chi connectivity index (χ1v) is 5.30. The van der Waals surface area contributed by atoms with Gasteiger partial charge in [0.15, 0.2) is 0 Å². The van der Waals surface area contributed by atoms with Gasteiger partial charge in [0, 0.05) is 12.0 Å². The number of methoxy groups -OCH3 is 1. The smallest absolute Gasteiger partial charge is 0.325 e. The average molecular weight is 244 g/mol. The molecule has 0 aliphatic carbocycles. The molecular formula is C10H14ClN3O2. The van der Waals surface area contributed by atoms with E-state index in [0.717, 1.165) is 5.56 Å². The maximum absolute atomic E-state index is 11.0. The molecule has 0 atom stereocenters. The summed E-state index contributed by atoms with van der Waals surface area (Å²) >= 11 is 5.94. The lowest BCUT2D eigenvalue weighted by molar-refractivity contribution is -0.138. The topological polar surface area (TPSA) is 64.1 Å². The molecule has 1 N–H and O–H groups in total. The Hall–Kier alpha value is -1.36. The fourth-order valence-electron chi connectivity index (χ4n) is 1.09. The third-order valence-electron chi connectivity index (χ3n) is 2.08. The summed E-state index contributed by atoms with van der Waals surface area (Å²) in [5, 5.41) is 3.27. The van der Waals surface area contributed by atoms with E-state index < -0.39 is 0 Å². The van der Waals surface area contributed by atoms with Crippen molar-refractivity contribution in [1.29, 1.82) is 0 Å². The highest BCUT2D eigenvalue weighted by atomic mass is 35.5. The van der Waals surface area contributed by atoms with Crippen LogP contribution in [-0.2, 0) is 16.0 Å². The zero-order valence-corrected chi connectivity index (χ0v) is 10.3. The van der Waals surface area contributed by atoms with Crippen LogP contribution in [0.25, 0.3) is 0 Å². The number of halogens is 1. The first kappa shape index (κ1) is 12.7. The minimum Gasteiger partial charge on any atom is -0.468 e. The van der Waals surface area contributed by atoms with Crippen LogP contribution < -0.4 is 5.32 Å². The number of carbonyl (C=O) groups is 1. The van der Waals surface area contributed by atoms with Gasteiger partial charge in [0.05, 0.1) is 7.11 Å². The van der Waals surface area contributed by atoms with Crippen molar-refractivity contribution in [3.8, 4) is 0 Å². The summed E-state index contributed by atoms with van der Waals surface area (Å²) in [5.74, 6) is 0.859. The molecule has 6 heteroatoms. The van der Waals surface area contributed by atoms with Crippen molar-refractivity contribution in [3.05, 3.63) is 16.5 Å². The van der Waals surface area contributed by atoms with Gasteiger partial charge in [-0.3, -0.25) is 4.79 Å². The average Bonchev–Trinajstić information content (AvgIpc) is 2.30. The Morgan fingerprint density at radius 2 is 2.19 bits per heavy atom. The first-order chi connectivity index (χ1) is 7.58. The molecule has 1 aromatic rings. The van der Waals surface area contributed by atoms with Crippen LogP contribution in [0.3, 0.4) is 0 Å². The van der Waals surface area contributed by atoms with Gasteiger partial charge in [0.2, 0.25) is 0 Å². The fraction of sp³-hybridized carbons (Fsp3) is 0.500. The van der Waals surface area contributed by atoms with Crippen LogP contribution in [0.5, 0.6) is 0 Å². The zero-order chi connectivity index (χ0) is 12.1. The van der Waals surface area contributed by atoms with Gasteiger partial charge in [-0.25, -0.2) is 9.97 Å². The Labute approximate surface area is 99.2 Å². The van der Waals surface area contributed by atoms with Crippen LogP contribution in [-0.4, -0.2) is 29.6 Å². The standard InChI is InChI=1S/C10H14ClN3O2/c1-4-7-13-9(11)6(2)10(14-7)12-5-8(15)16-3/h4-5H2,1-3H3,(H,12,13,14).